The van der Waals surface area contributed by atoms with E-state index in [9.17, 15) is 14.0 Å². The van der Waals surface area contributed by atoms with Gasteiger partial charge in [0.25, 0.3) is 5.91 Å². The number of ether oxygens (including phenoxy) is 1. The van der Waals surface area contributed by atoms with Gasteiger partial charge in [0.15, 0.2) is 11.6 Å². The molecule has 2 aromatic carbocycles. The van der Waals surface area contributed by atoms with Gasteiger partial charge in [-0.3, -0.25) is 9.59 Å². The van der Waals surface area contributed by atoms with Gasteiger partial charge in [-0.1, -0.05) is 18.2 Å². The summed E-state index contributed by atoms with van der Waals surface area (Å²) in [5.74, 6) is -0.386. The monoisotopic (exact) mass is 370 g/mol. The Morgan fingerprint density at radius 1 is 1.30 bits per heavy atom. The van der Waals surface area contributed by atoms with E-state index < -0.39 is 5.82 Å². The standard InChI is InChI=1S/C21H23FN2O3/c1-14(16-8-9-19(27-2)18(22)12-16)23-21(26)17-6-3-5-15(11-17)13-24-10-4-7-20(24)25/h3,5-6,8-9,11-12,14H,4,7,10,13H2,1-2H3,(H,23,26). The number of hydrogen-bond donors (Lipinski definition) is 1. The van der Waals surface area contributed by atoms with Crippen LogP contribution in [0.3, 0.4) is 0 Å². The van der Waals surface area contributed by atoms with Crippen molar-refractivity contribution in [1.29, 1.82) is 0 Å². The van der Waals surface area contributed by atoms with Crippen LogP contribution < -0.4 is 10.1 Å². The lowest BCUT2D eigenvalue weighted by molar-refractivity contribution is -0.128. The molecule has 2 aromatic rings. The Morgan fingerprint density at radius 2 is 2.11 bits per heavy atom. The predicted molar refractivity (Wildman–Crippen MR) is 99.9 cm³/mol. The molecule has 0 radical (unpaired) electrons. The van der Waals surface area contributed by atoms with Crippen molar-refractivity contribution in [3.8, 4) is 5.75 Å². The molecule has 0 bridgehead atoms. The smallest absolute Gasteiger partial charge is 0.251 e. The van der Waals surface area contributed by atoms with Crippen molar-refractivity contribution in [2.75, 3.05) is 13.7 Å². The lowest BCUT2D eigenvalue weighted by Gasteiger charge is -2.17. The van der Waals surface area contributed by atoms with Crippen molar-refractivity contribution in [1.82, 2.24) is 10.2 Å². The molecule has 2 amide bonds. The third kappa shape index (κ3) is 4.45. The van der Waals surface area contributed by atoms with Gasteiger partial charge in [-0.15, -0.1) is 0 Å². The third-order valence-electron chi connectivity index (χ3n) is 4.76. The number of amides is 2. The largest absolute Gasteiger partial charge is 0.494 e. The van der Waals surface area contributed by atoms with Crippen LogP contribution in [-0.2, 0) is 11.3 Å². The van der Waals surface area contributed by atoms with E-state index in [0.717, 1.165) is 18.5 Å². The average Bonchev–Trinajstić information content (AvgIpc) is 3.06. The minimum absolute atomic E-state index is 0.153. The Balaban J connectivity index is 1.67. The van der Waals surface area contributed by atoms with E-state index in [4.69, 9.17) is 4.74 Å². The van der Waals surface area contributed by atoms with E-state index in [1.165, 1.54) is 13.2 Å². The molecule has 6 heteroatoms. The van der Waals surface area contributed by atoms with E-state index in [0.29, 0.717) is 24.1 Å². The second-order valence-corrected chi connectivity index (χ2v) is 6.71. The molecule has 1 heterocycles. The van der Waals surface area contributed by atoms with Crippen molar-refractivity contribution < 1.29 is 18.7 Å². The fourth-order valence-corrected chi connectivity index (χ4v) is 3.22. The zero-order valence-corrected chi connectivity index (χ0v) is 15.5. The first-order valence-corrected chi connectivity index (χ1v) is 8.99. The first-order valence-electron chi connectivity index (χ1n) is 8.99. The number of methoxy groups -OCH3 is 1. The number of carbonyl (C=O) groups excluding carboxylic acids is 2. The van der Waals surface area contributed by atoms with E-state index in [2.05, 4.69) is 5.32 Å². The van der Waals surface area contributed by atoms with Gasteiger partial charge in [0, 0.05) is 25.1 Å². The Hall–Kier alpha value is -2.89. The Morgan fingerprint density at radius 3 is 2.78 bits per heavy atom. The molecule has 27 heavy (non-hydrogen) atoms. The van der Waals surface area contributed by atoms with E-state index in [1.807, 2.05) is 12.1 Å². The highest BCUT2D eigenvalue weighted by atomic mass is 19.1. The first kappa shape index (κ1) is 18.9. The fraction of sp³-hybridized carbons (Fsp3) is 0.333. The zero-order valence-electron chi connectivity index (χ0n) is 15.5. The van der Waals surface area contributed by atoms with Gasteiger partial charge in [0.2, 0.25) is 5.91 Å². The summed E-state index contributed by atoms with van der Waals surface area (Å²) in [6.45, 7) is 3.07. The summed E-state index contributed by atoms with van der Waals surface area (Å²) < 4.78 is 18.8. The molecule has 1 N–H and O–H groups in total. The highest BCUT2D eigenvalue weighted by Gasteiger charge is 2.20. The molecule has 1 aliphatic rings. The molecule has 0 spiro atoms. The molecule has 1 fully saturated rings. The number of rotatable bonds is 6. The average molecular weight is 370 g/mol. The molecule has 0 aromatic heterocycles. The maximum atomic E-state index is 13.9. The number of benzene rings is 2. The van der Waals surface area contributed by atoms with Gasteiger partial charge in [0.1, 0.15) is 0 Å². The van der Waals surface area contributed by atoms with E-state index in [1.54, 1.807) is 36.1 Å². The molecule has 1 atom stereocenters. The van der Waals surface area contributed by atoms with E-state index in [-0.39, 0.29) is 23.6 Å². The summed E-state index contributed by atoms with van der Waals surface area (Å²) in [6.07, 6.45) is 1.48. The van der Waals surface area contributed by atoms with Crippen LogP contribution in [0.1, 0.15) is 47.3 Å². The SMILES string of the molecule is COc1ccc(C(C)NC(=O)c2cccc(CN3CCCC3=O)c2)cc1F. The molecule has 0 aliphatic carbocycles. The number of nitrogens with zero attached hydrogens (tertiary/aromatic N) is 1. The minimum atomic E-state index is -0.464. The number of carbonyl (C=O) groups is 2. The molecule has 1 saturated heterocycles. The lowest BCUT2D eigenvalue weighted by atomic mass is 10.1. The number of halogens is 1. The second kappa shape index (κ2) is 8.20. The molecule has 1 aliphatic heterocycles. The van der Waals surface area contributed by atoms with Crippen molar-refractivity contribution in [2.24, 2.45) is 0 Å². The maximum Gasteiger partial charge on any atom is 0.251 e. The summed E-state index contributed by atoms with van der Waals surface area (Å²) in [7, 11) is 1.41. The summed E-state index contributed by atoms with van der Waals surface area (Å²) in [4.78, 5) is 26.2. The molecular weight excluding hydrogens is 347 g/mol. The zero-order chi connectivity index (χ0) is 19.4. The Labute approximate surface area is 158 Å². The molecule has 1 unspecified atom stereocenters. The van der Waals surface area contributed by atoms with E-state index >= 15 is 0 Å². The summed E-state index contributed by atoms with van der Waals surface area (Å²) >= 11 is 0. The molecule has 142 valence electrons. The minimum Gasteiger partial charge on any atom is -0.494 e. The number of likely N-dealkylation sites (tertiary alicyclic amines) is 1. The molecule has 5 nitrogen and oxygen atoms in total. The maximum absolute atomic E-state index is 13.9. The Kier molecular flexibility index (Phi) is 5.74. The third-order valence-corrected chi connectivity index (χ3v) is 4.76. The number of nitrogens with one attached hydrogen (secondary N) is 1. The van der Waals surface area contributed by atoms with Crippen molar-refractivity contribution in [3.63, 3.8) is 0 Å². The lowest BCUT2D eigenvalue weighted by Crippen LogP contribution is -2.27. The quantitative estimate of drug-likeness (QED) is 0.847. The number of hydrogen-bond acceptors (Lipinski definition) is 3. The van der Waals surface area contributed by atoms with Crippen molar-refractivity contribution >= 4 is 11.8 Å². The van der Waals surface area contributed by atoms with Crippen LogP contribution in [0.2, 0.25) is 0 Å². The van der Waals surface area contributed by atoms with Gasteiger partial charge in [-0.2, -0.15) is 0 Å². The highest BCUT2D eigenvalue weighted by molar-refractivity contribution is 5.94. The molecule has 0 saturated carbocycles. The molecular formula is C21H23FN2O3. The van der Waals surface area contributed by atoms with Gasteiger partial charge in [0.05, 0.1) is 13.2 Å². The van der Waals surface area contributed by atoms with Gasteiger partial charge in [-0.25, -0.2) is 4.39 Å². The first-order chi connectivity index (χ1) is 13.0. The van der Waals surface area contributed by atoms with Gasteiger partial charge in [-0.05, 0) is 48.7 Å². The highest BCUT2D eigenvalue weighted by Crippen LogP contribution is 2.22. The topological polar surface area (TPSA) is 58.6 Å². The summed E-state index contributed by atoms with van der Waals surface area (Å²) in [5, 5.41) is 2.88. The second-order valence-electron chi connectivity index (χ2n) is 6.71. The summed E-state index contributed by atoms with van der Waals surface area (Å²) in [5.41, 5.74) is 2.08. The van der Waals surface area contributed by atoms with Crippen LogP contribution in [0.4, 0.5) is 4.39 Å². The van der Waals surface area contributed by atoms with Crippen LogP contribution >= 0.6 is 0 Å². The van der Waals surface area contributed by atoms with Crippen LogP contribution in [0, 0.1) is 5.82 Å². The van der Waals surface area contributed by atoms with Gasteiger partial charge < -0.3 is 15.0 Å². The van der Waals surface area contributed by atoms with Gasteiger partial charge >= 0.3 is 0 Å². The van der Waals surface area contributed by atoms with Crippen molar-refractivity contribution in [3.05, 3.63) is 65.0 Å². The normalized spacial score (nSPS) is 14.9. The Bertz CT molecular complexity index is 853. The van der Waals surface area contributed by atoms with Crippen LogP contribution in [0.15, 0.2) is 42.5 Å². The fourth-order valence-electron chi connectivity index (χ4n) is 3.22. The van der Waals surface area contributed by atoms with Crippen LogP contribution in [-0.4, -0.2) is 30.4 Å². The van der Waals surface area contributed by atoms with Crippen molar-refractivity contribution in [2.45, 2.75) is 32.4 Å². The molecule has 3 rings (SSSR count). The summed E-state index contributed by atoms with van der Waals surface area (Å²) in [6, 6.07) is 11.5. The van der Waals surface area contributed by atoms with Crippen LogP contribution in [0.5, 0.6) is 5.75 Å². The van der Waals surface area contributed by atoms with Crippen LogP contribution in [0.25, 0.3) is 0 Å². The predicted octanol–water partition coefficient (Wildman–Crippen LogP) is 3.45.